The van der Waals surface area contributed by atoms with Crippen molar-refractivity contribution in [2.45, 2.75) is 13.8 Å². The summed E-state index contributed by atoms with van der Waals surface area (Å²) in [5, 5.41) is 0. The summed E-state index contributed by atoms with van der Waals surface area (Å²) in [6, 6.07) is 0. The van der Waals surface area contributed by atoms with Crippen LogP contribution in [0.2, 0.25) is 0 Å². The highest BCUT2D eigenvalue weighted by Crippen LogP contribution is 2.07. The molecule has 0 atom stereocenters. The van der Waals surface area contributed by atoms with Gasteiger partial charge in [-0.15, -0.1) is 0 Å². The van der Waals surface area contributed by atoms with E-state index >= 15 is 0 Å². The summed E-state index contributed by atoms with van der Waals surface area (Å²) in [5.74, 6) is 0. The number of hydrogen-bond donors (Lipinski definition) is 0. The Balaban J connectivity index is 0.00000121. The molecular weight excluding hydrogens is 148 g/mol. The molecule has 0 aromatic carbocycles. The Morgan fingerprint density at radius 3 is 2.83 bits per heavy atom. The third kappa shape index (κ3) is 3.71. The monoisotopic (exact) mass is 162 g/mol. The smallest absolute Gasteiger partial charge is 0.142 e. The van der Waals surface area contributed by atoms with Gasteiger partial charge in [0, 0.05) is 0 Å². The normalized spacial score (nSPS) is 15.2. The minimum atomic E-state index is 0. The van der Waals surface area contributed by atoms with Crippen LogP contribution in [-0.4, -0.2) is 6.29 Å². The highest BCUT2D eigenvalue weighted by molar-refractivity contribution is 5.66. The fraction of sp³-hybridized carbons (Fsp3) is 0.182. The van der Waals surface area contributed by atoms with Gasteiger partial charge in [-0.05, 0) is 18.1 Å². The highest BCUT2D eigenvalue weighted by Gasteiger charge is 1.88. The highest BCUT2D eigenvalue weighted by atomic mass is 16.1. The molecular formula is C11H14O. The number of rotatable bonds is 2. The van der Waals surface area contributed by atoms with Gasteiger partial charge in [-0.2, -0.15) is 0 Å². The van der Waals surface area contributed by atoms with E-state index in [2.05, 4.69) is 6.08 Å². The van der Waals surface area contributed by atoms with E-state index in [1.807, 2.05) is 30.4 Å². The van der Waals surface area contributed by atoms with Gasteiger partial charge in [-0.1, -0.05) is 43.9 Å². The Morgan fingerprint density at radius 2 is 2.08 bits per heavy atom. The number of hydrogen-bond acceptors (Lipinski definition) is 1. The molecule has 0 heterocycles. The Kier molecular flexibility index (Phi) is 5.62. The summed E-state index contributed by atoms with van der Waals surface area (Å²) in [6.07, 6.45) is 15.0. The van der Waals surface area contributed by atoms with Gasteiger partial charge in [0.05, 0.1) is 0 Å². The molecule has 1 aliphatic rings. The van der Waals surface area contributed by atoms with Crippen molar-refractivity contribution in [1.82, 2.24) is 0 Å². The molecule has 0 bridgehead atoms. The molecule has 1 aliphatic carbocycles. The number of aldehydes is 1. The zero-order valence-corrected chi connectivity index (χ0v) is 6.23. The van der Waals surface area contributed by atoms with Crippen molar-refractivity contribution in [1.29, 1.82) is 0 Å². The average molecular weight is 162 g/mol. The van der Waals surface area contributed by atoms with Gasteiger partial charge >= 0.3 is 0 Å². The molecule has 64 valence electrons. The molecule has 0 aliphatic heterocycles. The SMILES string of the molecule is C.O=C/C=C/C1=CC=CC=CC1. The Hall–Kier alpha value is -1.37. The van der Waals surface area contributed by atoms with Gasteiger partial charge in [0.2, 0.25) is 0 Å². The third-order valence-corrected chi connectivity index (χ3v) is 1.41. The van der Waals surface area contributed by atoms with E-state index in [1.54, 1.807) is 0 Å². The van der Waals surface area contributed by atoms with Gasteiger partial charge in [0.1, 0.15) is 6.29 Å². The Bertz CT molecular complexity index is 242. The maximum absolute atomic E-state index is 9.98. The van der Waals surface area contributed by atoms with E-state index in [-0.39, 0.29) is 7.43 Å². The molecule has 1 rings (SSSR count). The van der Waals surface area contributed by atoms with Crippen molar-refractivity contribution in [2.75, 3.05) is 0 Å². The van der Waals surface area contributed by atoms with Crippen LogP contribution in [0.4, 0.5) is 0 Å². The second-order valence-corrected chi connectivity index (χ2v) is 2.25. The molecule has 12 heavy (non-hydrogen) atoms. The molecule has 0 unspecified atom stereocenters. The second-order valence-electron chi connectivity index (χ2n) is 2.25. The maximum atomic E-state index is 9.98. The zero-order valence-electron chi connectivity index (χ0n) is 6.23. The topological polar surface area (TPSA) is 17.1 Å². The summed E-state index contributed by atoms with van der Waals surface area (Å²) in [6.45, 7) is 0. The van der Waals surface area contributed by atoms with Crippen LogP contribution < -0.4 is 0 Å². The first-order valence-electron chi connectivity index (χ1n) is 3.57. The van der Waals surface area contributed by atoms with Crippen LogP contribution in [0.1, 0.15) is 13.8 Å². The fourth-order valence-electron chi connectivity index (χ4n) is 0.881. The van der Waals surface area contributed by atoms with Crippen LogP contribution in [0.15, 0.2) is 48.1 Å². The van der Waals surface area contributed by atoms with Crippen molar-refractivity contribution < 1.29 is 4.79 Å². The molecule has 0 fully saturated rings. The summed E-state index contributed by atoms with van der Waals surface area (Å²) in [4.78, 5) is 9.98. The van der Waals surface area contributed by atoms with Gasteiger partial charge < -0.3 is 0 Å². The number of carbonyl (C=O) groups is 1. The van der Waals surface area contributed by atoms with E-state index in [1.165, 1.54) is 6.08 Å². The van der Waals surface area contributed by atoms with E-state index in [9.17, 15) is 4.79 Å². The molecule has 0 radical (unpaired) electrons. The summed E-state index contributed by atoms with van der Waals surface area (Å²) in [5.41, 5.74) is 1.15. The zero-order chi connectivity index (χ0) is 7.94. The predicted molar refractivity (Wildman–Crippen MR) is 52.9 cm³/mol. The number of carbonyl (C=O) groups excluding carboxylic acids is 1. The van der Waals surface area contributed by atoms with Crippen molar-refractivity contribution in [3.8, 4) is 0 Å². The Labute approximate surface area is 73.8 Å². The summed E-state index contributed by atoms with van der Waals surface area (Å²) >= 11 is 0. The van der Waals surface area contributed by atoms with Crippen LogP contribution in [0, 0.1) is 0 Å². The molecule has 0 amide bonds. The van der Waals surface area contributed by atoms with Crippen LogP contribution in [-0.2, 0) is 4.79 Å². The van der Waals surface area contributed by atoms with Crippen molar-refractivity contribution in [3.63, 3.8) is 0 Å². The lowest BCUT2D eigenvalue weighted by molar-refractivity contribution is -0.104. The number of allylic oxidation sites excluding steroid dienone is 8. The molecule has 0 aromatic heterocycles. The minimum absolute atomic E-state index is 0. The largest absolute Gasteiger partial charge is 0.299 e. The van der Waals surface area contributed by atoms with Crippen LogP contribution in [0.3, 0.4) is 0 Å². The fourth-order valence-corrected chi connectivity index (χ4v) is 0.881. The molecule has 0 aromatic rings. The van der Waals surface area contributed by atoms with Gasteiger partial charge in [0.15, 0.2) is 0 Å². The predicted octanol–water partition coefficient (Wildman–Crippen LogP) is 2.82. The first-order valence-corrected chi connectivity index (χ1v) is 3.57. The van der Waals surface area contributed by atoms with Crippen LogP contribution in [0.5, 0.6) is 0 Å². The van der Waals surface area contributed by atoms with Crippen LogP contribution in [0.25, 0.3) is 0 Å². The maximum Gasteiger partial charge on any atom is 0.142 e. The lowest BCUT2D eigenvalue weighted by Crippen LogP contribution is -1.73. The minimum Gasteiger partial charge on any atom is -0.299 e. The molecule has 0 saturated heterocycles. The van der Waals surface area contributed by atoms with Gasteiger partial charge in [-0.25, -0.2) is 0 Å². The molecule has 0 N–H and O–H groups in total. The third-order valence-electron chi connectivity index (χ3n) is 1.41. The van der Waals surface area contributed by atoms with E-state index in [4.69, 9.17) is 0 Å². The molecule has 1 nitrogen and oxygen atoms in total. The second kappa shape index (κ2) is 6.35. The first kappa shape index (κ1) is 10.6. The van der Waals surface area contributed by atoms with Crippen molar-refractivity contribution >= 4 is 6.29 Å². The van der Waals surface area contributed by atoms with Crippen molar-refractivity contribution in [2.24, 2.45) is 0 Å². The molecule has 0 saturated carbocycles. The van der Waals surface area contributed by atoms with Gasteiger partial charge in [0.25, 0.3) is 0 Å². The standard InChI is InChI=1S/C10H10O.CH4/c11-9-5-8-10-6-3-1-2-4-7-10;/h1-6,8-9H,7H2;1H4/b8-5+;. The van der Waals surface area contributed by atoms with Gasteiger partial charge in [-0.3, -0.25) is 4.79 Å². The first-order chi connectivity index (χ1) is 5.43. The van der Waals surface area contributed by atoms with Crippen molar-refractivity contribution in [3.05, 3.63) is 48.1 Å². The summed E-state index contributed by atoms with van der Waals surface area (Å²) < 4.78 is 0. The average Bonchev–Trinajstić information content (AvgIpc) is 2.28. The van der Waals surface area contributed by atoms with E-state index in [0.717, 1.165) is 18.3 Å². The van der Waals surface area contributed by atoms with E-state index in [0.29, 0.717) is 0 Å². The molecule has 1 heteroatoms. The lowest BCUT2D eigenvalue weighted by Gasteiger charge is -1.91. The van der Waals surface area contributed by atoms with Crippen LogP contribution >= 0.6 is 0 Å². The lowest BCUT2D eigenvalue weighted by atomic mass is 10.1. The van der Waals surface area contributed by atoms with E-state index < -0.39 is 0 Å². The Morgan fingerprint density at radius 1 is 1.25 bits per heavy atom. The quantitative estimate of drug-likeness (QED) is 0.450. The summed E-state index contributed by atoms with van der Waals surface area (Å²) in [7, 11) is 0. The molecule has 0 spiro atoms.